The number of halogens is 1. The lowest BCUT2D eigenvalue weighted by Crippen LogP contribution is -2.13. The molecule has 6 heteroatoms. The predicted octanol–water partition coefficient (Wildman–Crippen LogP) is 3.99. The van der Waals surface area contributed by atoms with Crippen LogP contribution in [-0.2, 0) is 6.54 Å². The monoisotopic (exact) mass is 338 g/mol. The summed E-state index contributed by atoms with van der Waals surface area (Å²) in [6, 6.07) is 14.3. The number of anilines is 2. The molecule has 2 heterocycles. The maximum Gasteiger partial charge on any atom is 0.274 e. The Morgan fingerprint density at radius 1 is 1.00 bits per heavy atom. The van der Waals surface area contributed by atoms with E-state index in [4.69, 9.17) is 11.6 Å². The number of nitrogens with one attached hydrogen (secondary N) is 2. The fourth-order valence-corrected chi connectivity index (χ4v) is 2.19. The molecule has 3 aromatic rings. The van der Waals surface area contributed by atoms with Crippen LogP contribution in [0.5, 0.6) is 0 Å². The maximum absolute atomic E-state index is 12.2. The number of amides is 1. The van der Waals surface area contributed by atoms with Crippen molar-refractivity contribution in [2.75, 3.05) is 10.6 Å². The van der Waals surface area contributed by atoms with Gasteiger partial charge in [-0.2, -0.15) is 0 Å². The van der Waals surface area contributed by atoms with Crippen molar-refractivity contribution in [1.29, 1.82) is 0 Å². The largest absolute Gasteiger partial charge is 0.380 e. The van der Waals surface area contributed by atoms with E-state index in [1.807, 2.05) is 18.2 Å². The summed E-state index contributed by atoms with van der Waals surface area (Å²) in [5, 5.41) is 6.63. The first-order valence-corrected chi connectivity index (χ1v) is 7.74. The summed E-state index contributed by atoms with van der Waals surface area (Å²) in [7, 11) is 0. The molecule has 3 rings (SSSR count). The lowest BCUT2D eigenvalue weighted by Gasteiger charge is -2.07. The molecule has 5 nitrogen and oxygen atoms in total. The Labute approximate surface area is 144 Å². The van der Waals surface area contributed by atoms with Crippen LogP contribution in [-0.4, -0.2) is 15.9 Å². The molecule has 0 spiro atoms. The highest BCUT2D eigenvalue weighted by Gasteiger charge is 2.07. The zero-order chi connectivity index (χ0) is 16.8. The first kappa shape index (κ1) is 16.0. The number of carbonyl (C=O) groups excluding carboxylic acids is 1. The van der Waals surface area contributed by atoms with Crippen molar-refractivity contribution in [3.63, 3.8) is 0 Å². The van der Waals surface area contributed by atoms with Crippen LogP contribution in [0.15, 0.2) is 67.1 Å². The van der Waals surface area contributed by atoms with Gasteiger partial charge in [-0.1, -0.05) is 17.7 Å². The van der Waals surface area contributed by atoms with Crippen molar-refractivity contribution in [1.82, 2.24) is 9.97 Å². The van der Waals surface area contributed by atoms with Gasteiger partial charge in [-0.25, -0.2) is 4.98 Å². The van der Waals surface area contributed by atoms with Crippen LogP contribution in [0.1, 0.15) is 16.1 Å². The molecular weight excluding hydrogens is 324 g/mol. The van der Waals surface area contributed by atoms with Gasteiger partial charge in [-0.15, -0.1) is 0 Å². The van der Waals surface area contributed by atoms with Crippen molar-refractivity contribution in [3.05, 3.63) is 83.4 Å². The molecule has 0 aliphatic heterocycles. The van der Waals surface area contributed by atoms with Crippen LogP contribution in [0.4, 0.5) is 11.4 Å². The minimum Gasteiger partial charge on any atom is -0.380 e. The molecule has 2 aromatic heterocycles. The van der Waals surface area contributed by atoms with Crippen molar-refractivity contribution in [2.24, 2.45) is 0 Å². The van der Waals surface area contributed by atoms with Gasteiger partial charge in [0.15, 0.2) is 0 Å². The lowest BCUT2D eigenvalue weighted by molar-refractivity contribution is 0.102. The van der Waals surface area contributed by atoms with E-state index in [2.05, 4.69) is 20.6 Å². The summed E-state index contributed by atoms with van der Waals surface area (Å²) in [5.41, 5.74) is 2.92. The number of hydrogen-bond acceptors (Lipinski definition) is 4. The Balaban J connectivity index is 1.59. The van der Waals surface area contributed by atoms with E-state index < -0.39 is 0 Å². The molecule has 0 bridgehead atoms. The summed E-state index contributed by atoms with van der Waals surface area (Å²) in [6.45, 7) is 0.645. The molecular formula is C18H15ClN4O. The summed E-state index contributed by atoms with van der Waals surface area (Å²) in [5.74, 6) is -0.267. The van der Waals surface area contributed by atoms with Crippen LogP contribution < -0.4 is 10.6 Å². The van der Waals surface area contributed by atoms with Crippen LogP contribution in [0.2, 0.25) is 5.02 Å². The Morgan fingerprint density at radius 3 is 2.46 bits per heavy atom. The van der Waals surface area contributed by atoms with E-state index in [1.165, 1.54) is 0 Å². The number of pyridine rings is 2. The van der Waals surface area contributed by atoms with Gasteiger partial charge in [0.05, 0.1) is 11.9 Å². The predicted molar refractivity (Wildman–Crippen MR) is 95.2 cm³/mol. The highest BCUT2D eigenvalue weighted by atomic mass is 35.5. The second kappa shape index (κ2) is 7.57. The maximum atomic E-state index is 12.2. The smallest absolute Gasteiger partial charge is 0.274 e. The Morgan fingerprint density at radius 2 is 1.79 bits per heavy atom. The Hall–Kier alpha value is -2.92. The summed E-state index contributed by atoms with van der Waals surface area (Å²) >= 11 is 5.82. The van der Waals surface area contributed by atoms with Crippen molar-refractivity contribution < 1.29 is 4.79 Å². The lowest BCUT2D eigenvalue weighted by atomic mass is 10.2. The topological polar surface area (TPSA) is 66.9 Å². The third-order valence-electron chi connectivity index (χ3n) is 3.32. The molecule has 0 aliphatic carbocycles. The zero-order valence-corrected chi connectivity index (χ0v) is 13.5. The van der Waals surface area contributed by atoms with Crippen molar-refractivity contribution >= 4 is 28.9 Å². The van der Waals surface area contributed by atoms with Crippen LogP contribution in [0, 0.1) is 0 Å². The van der Waals surface area contributed by atoms with Crippen molar-refractivity contribution in [2.45, 2.75) is 6.54 Å². The van der Waals surface area contributed by atoms with Gasteiger partial charge in [0.2, 0.25) is 0 Å². The van der Waals surface area contributed by atoms with Gasteiger partial charge in [-0.05, 0) is 48.0 Å². The average molecular weight is 339 g/mol. The van der Waals surface area contributed by atoms with Gasteiger partial charge in [-0.3, -0.25) is 9.78 Å². The fourth-order valence-electron chi connectivity index (χ4n) is 2.07. The van der Waals surface area contributed by atoms with E-state index >= 15 is 0 Å². The molecule has 2 N–H and O–H groups in total. The SMILES string of the molecule is O=C(Nc1ccc(Cl)cc1)c1ccc(NCc2cccnc2)cn1. The molecule has 0 atom stereocenters. The van der Waals surface area contributed by atoms with E-state index in [0.717, 1.165) is 11.3 Å². The molecule has 1 amide bonds. The first-order chi connectivity index (χ1) is 11.7. The number of nitrogens with zero attached hydrogens (tertiary/aromatic N) is 2. The minimum atomic E-state index is -0.267. The van der Waals surface area contributed by atoms with Crippen LogP contribution in [0.3, 0.4) is 0 Å². The van der Waals surface area contributed by atoms with Gasteiger partial charge < -0.3 is 10.6 Å². The standard InChI is InChI=1S/C18H15ClN4O/c19-14-3-5-15(6-4-14)23-18(24)17-8-7-16(12-22-17)21-11-13-2-1-9-20-10-13/h1-10,12,21H,11H2,(H,23,24). The van der Waals surface area contributed by atoms with Crippen LogP contribution in [0.25, 0.3) is 0 Å². The highest BCUT2D eigenvalue weighted by Crippen LogP contribution is 2.15. The third kappa shape index (κ3) is 4.30. The van der Waals surface area contributed by atoms with E-state index in [1.54, 1.807) is 48.9 Å². The highest BCUT2D eigenvalue weighted by molar-refractivity contribution is 6.30. The van der Waals surface area contributed by atoms with E-state index in [9.17, 15) is 4.79 Å². The number of carbonyl (C=O) groups is 1. The molecule has 0 aliphatic rings. The molecule has 0 unspecified atom stereocenters. The van der Waals surface area contributed by atoms with Gasteiger partial charge in [0, 0.05) is 29.6 Å². The minimum absolute atomic E-state index is 0.267. The number of benzene rings is 1. The molecule has 0 saturated carbocycles. The van der Waals surface area contributed by atoms with Gasteiger partial charge in [0.25, 0.3) is 5.91 Å². The number of aromatic nitrogens is 2. The number of rotatable bonds is 5. The molecule has 24 heavy (non-hydrogen) atoms. The zero-order valence-electron chi connectivity index (χ0n) is 12.7. The van der Waals surface area contributed by atoms with Crippen LogP contribution >= 0.6 is 11.6 Å². The van der Waals surface area contributed by atoms with E-state index in [-0.39, 0.29) is 5.91 Å². The van der Waals surface area contributed by atoms with E-state index in [0.29, 0.717) is 22.9 Å². The second-order valence-electron chi connectivity index (χ2n) is 5.11. The summed E-state index contributed by atoms with van der Waals surface area (Å²) in [4.78, 5) is 20.4. The van der Waals surface area contributed by atoms with Gasteiger partial charge in [0.1, 0.15) is 5.69 Å². The first-order valence-electron chi connectivity index (χ1n) is 7.36. The van der Waals surface area contributed by atoms with Crippen molar-refractivity contribution in [3.8, 4) is 0 Å². The molecule has 0 saturated heterocycles. The summed E-state index contributed by atoms with van der Waals surface area (Å²) in [6.07, 6.45) is 5.17. The Bertz CT molecular complexity index is 805. The van der Waals surface area contributed by atoms with Gasteiger partial charge >= 0.3 is 0 Å². The normalized spacial score (nSPS) is 10.2. The molecule has 1 aromatic carbocycles. The third-order valence-corrected chi connectivity index (χ3v) is 3.57. The molecule has 0 fully saturated rings. The average Bonchev–Trinajstić information content (AvgIpc) is 2.63. The second-order valence-corrected chi connectivity index (χ2v) is 5.54. The fraction of sp³-hybridized carbons (Fsp3) is 0.0556. The number of hydrogen-bond donors (Lipinski definition) is 2. The Kier molecular flexibility index (Phi) is 5.03. The molecule has 120 valence electrons. The summed E-state index contributed by atoms with van der Waals surface area (Å²) < 4.78 is 0. The molecule has 0 radical (unpaired) electrons. The quantitative estimate of drug-likeness (QED) is 0.738.